The van der Waals surface area contributed by atoms with Crippen LogP contribution in [0.5, 0.6) is 0 Å². The van der Waals surface area contributed by atoms with Crippen molar-refractivity contribution in [2.24, 2.45) is 0 Å². The van der Waals surface area contributed by atoms with E-state index in [9.17, 15) is 24.6 Å². The molecule has 1 fully saturated rings. The number of fused-ring (bicyclic) bond motifs is 1. The van der Waals surface area contributed by atoms with Gasteiger partial charge >= 0.3 is 17.9 Å². The molecule has 1 unspecified atom stereocenters. The van der Waals surface area contributed by atoms with Crippen molar-refractivity contribution in [3.63, 3.8) is 0 Å². The van der Waals surface area contributed by atoms with Gasteiger partial charge in [0.25, 0.3) is 0 Å². The zero-order chi connectivity index (χ0) is 18.1. The third kappa shape index (κ3) is 3.08. The number of carboxylic acids is 3. The van der Waals surface area contributed by atoms with Crippen molar-refractivity contribution in [2.45, 2.75) is 31.5 Å². The normalized spacial score (nSPS) is 19.1. The Hall–Kier alpha value is -2.87. The summed E-state index contributed by atoms with van der Waals surface area (Å²) in [5, 5.41) is 28.9. The van der Waals surface area contributed by atoms with Crippen molar-refractivity contribution in [3.05, 3.63) is 36.0 Å². The molecule has 1 aliphatic rings. The molecule has 0 bridgehead atoms. The largest absolute Gasteiger partial charge is 0.480 e. The van der Waals surface area contributed by atoms with E-state index in [0.29, 0.717) is 35.9 Å². The Bertz CT molecular complexity index is 843. The maximum atomic E-state index is 12.0. The van der Waals surface area contributed by atoms with Crippen molar-refractivity contribution in [1.29, 1.82) is 0 Å². The van der Waals surface area contributed by atoms with Gasteiger partial charge in [-0.1, -0.05) is 18.2 Å². The van der Waals surface area contributed by atoms with Crippen LogP contribution in [0.15, 0.2) is 30.5 Å². The average molecular weight is 346 g/mol. The molecule has 0 spiro atoms. The summed E-state index contributed by atoms with van der Waals surface area (Å²) in [6, 6.07) is 4.95. The molecule has 2 atom stereocenters. The molecular weight excluding hydrogens is 328 g/mol. The lowest BCUT2D eigenvalue weighted by Gasteiger charge is -2.27. The number of aromatic nitrogens is 1. The van der Waals surface area contributed by atoms with Crippen molar-refractivity contribution in [1.82, 2.24) is 9.47 Å². The maximum Gasteiger partial charge on any atom is 0.325 e. The topological polar surface area (TPSA) is 120 Å². The summed E-state index contributed by atoms with van der Waals surface area (Å²) in [6.07, 6.45) is 2.51. The van der Waals surface area contributed by atoms with Crippen molar-refractivity contribution in [3.8, 4) is 0 Å². The number of hydrogen-bond acceptors (Lipinski definition) is 4. The van der Waals surface area contributed by atoms with Gasteiger partial charge in [0.05, 0.1) is 0 Å². The Morgan fingerprint density at radius 3 is 2.52 bits per heavy atom. The number of likely N-dealkylation sites (tertiary alicyclic amines) is 1. The van der Waals surface area contributed by atoms with Crippen LogP contribution in [0.2, 0.25) is 0 Å². The van der Waals surface area contributed by atoms with Gasteiger partial charge in [0.2, 0.25) is 0 Å². The van der Waals surface area contributed by atoms with Crippen molar-refractivity contribution in [2.75, 3.05) is 6.54 Å². The Balaban J connectivity index is 2.12. The molecule has 25 heavy (non-hydrogen) atoms. The molecule has 2 aromatic rings. The second kappa shape index (κ2) is 6.56. The quantitative estimate of drug-likeness (QED) is 0.723. The summed E-state index contributed by atoms with van der Waals surface area (Å²) < 4.78 is 1.48. The lowest BCUT2D eigenvalue weighted by molar-refractivity contribution is -0.149. The molecular formula is C17H18N2O6. The summed E-state index contributed by atoms with van der Waals surface area (Å²) >= 11 is 0. The third-order valence-corrected chi connectivity index (χ3v) is 4.56. The second-order valence-electron chi connectivity index (χ2n) is 6.10. The van der Waals surface area contributed by atoms with E-state index in [-0.39, 0.29) is 6.54 Å². The maximum absolute atomic E-state index is 12.0. The molecule has 2 heterocycles. The van der Waals surface area contributed by atoms with Crippen LogP contribution in [0.4, 0.5) is 0 Å². The molecule has 1 aromatic carbocycles. The zero-order valence-corrected chi connectivity index (χ0v) is 13.3. The third-order valence-electron chi connectivity index (χ3n) is 4.56. The van der Waals surface area contributed by atoms with Gasteiger partial charge in [-0.25, -0.2) is 0 Å². The number of hydrogen-bond donors (Lipinski definition) is 3. The molecule has 8 heteroatoms. The highest BCUT2D eigenvalue weighted by Crippen LogP contribution is 2.35. The number of carboxylic acid groups (broad SMARTS) is 3. The fourth-order valence-electron chi connectivity index (χ4n) is 3.59. The summed E-state index contributed by atoms with van der Waals surface area (Å²) in [4.78, 5) is 36.0. The highest BCUT2D eigenvalue weighted by Gasteiger charge is 2.40. The summed E-state index contributed by atoms with van der Waals surface area (Å²) in [5.74, 6) is -3.23. The van der Waals surface area contributed by atoms with Gasteiger partial charge in [0.1, 0.15) is 18.6 Å². The van der Waals surface area contributed by atoms with Crippen LogP contribution < -0.4 is 0 Å². The average Bonchev–Trinajstić information content (AvgIpc) is 3.14. The van der Waals surface area contributed by atoms with Crippen LogP contribution in [0.1, 0.15) is 24.4 Å². The van der Waals surface area contributed by atoms with Gasteiger partial charge in [0.15, 0.2) is 0 Å². The van der Waals surface area contributed by atoms with E-state index in [1.165, 1.54) is 15.7 Å². The smallest absolute Gasteiger partial charge is 0.325 e. The van der Waals surface area contributed by atoms with Crippen molar-refractivity contribution >= 4 is 28.8 Å². The molecule has 8 nitrogen and oxygen atoms in total. The number of para-hydroxylation sites is 1. The highest BCUT2D eigenvalue weighted by molar-refractivity contribution is 5.91. The van der Waals surface area contributed by atoms with Crippen LogP contribution in [0, 0.1) is 0 Å². The predicted molar refractivity (Wildman–Crippen MR) is 87.3 cm³/mol. The molecule has 0 radical (unpaired) electrons. The summed E-state index contributed by atoms with van der Waals surface area (Å²) in [6.45, 7) is 0.0710. The summed E-state index contributed by atoms with van der Waals surface area (Å²) in [5.41, 5.74) is 1.02. The molecule has 0 aliphatic carbocycles. The highest BCUT2D eigenvalue weighted by atomic mass is 16.4. The first-order valence-electron chi connectivity index (χ1n) is 7.91. The predicted octanol–water partition coefficient (Wildman–Crippen LogP) is 1.40. The first kappa shape index (κ1) is 17.0. The van der Waals surface area contributed by atoms with Gasteiger partial charge in [-0.3, -0.25) is 19.3 Å². The molecule has 3 N–H and O–H groups in total. The molecule has 0 amide bonds. The monoisotopic (exact) mass is 346 g/mol. The molecule has 1 aliphatic heterocycles. The van der Waals surface area contributed by atoms with Crippen LogP contribution in [0.3, 0.4) is 0 Å². The standard InChI is InChI=1S/C17H18N2O6/c20-14(21)9-18-8-11(10-4-1-2-5-12(10)18)15(17(24)25)19-7-3-6-13(19)16(22)23/h1-2,4-5,8,13,15H,3,6-7,9H2,(H,20,21)(H,22,23)(H,24,25)/t13-,15?/m1/s1. The number of aliphatic carboxylic acids is 3. The van der Waals surface area contributed by atoms with E-state index in [2.05, 4.69) is 0 Å². The fourth-order valence-corrected chi connectivity index (χ4v) is 3.59. The number of benzene rings is 1. The zero-order valence-electron chi connectivity index (χ0n) is 13.3. The molecule has 1 aromatic heterocycles. The Morgan fingerprint density at radius 2 is 1.88 bits per heavy atom. The van der Waals surface area contributed by atoms with E-state index < -0.39 is 30.0 Å². The first-order chi connectivity index (χ1) is 11.9. The van der Waals surface area contributed by atoms with E-state index in [0.717, 1.165) is 0 Å². The number of carbonyl (C=O) groups is 3. The Kier molecular flexibility index (Phi) is 4.45. The van der Waals surface area contributed by atoms with E-state index in [1.807, 2.05) is 0 Å². The molecule has 1 saturated heterocycles. The molecule has 132 valence electrons. The SMILES string of the molecule is O=C(O)Cn1cc(C(C(=O)O)N2CCC[C@@H]2C(=O)O)c2ccccc21. The fraction of sp³-hybridized carbons (Fsp3) is 0.353. The lowest BCUT2D eigenvalue weighted by Crippen LogP contribution is -2.41. The van der Waals surface area contributed by atoms with Crippen LogP contribution in [-0.4, -0.2) is 55.3 Å². The van der Waals surface area contributed by atoms with Gasteiger partial charge in [-0.15, -0.1) is 0 Å². The van der Waals surface area contributed by atoms with E-state index in [1.54, 1.807) is 24.3 Å². The minimum absolute atomic E-state index is 0.296. The van der Waals surface area contributed by atoms with Gasteiger partial charge in [-0.05, 0) is 18.9 Å². The molecule has 3 rings (SSSR count). The van der Waals surface area contributed by atoms with Gasteiger partial charge < -0.3 is 19.9 Å². The van der Waals surface area contributed by atoms with E-state index >= 15 is 0 Å². The van der Waals surface area contributed by atoms with Crippen molar-refractivity contribution < 1.29 is 29.7 Å². The van der Waals surface area contributed by atoms with Gasteiger partial charge in [-0.2, -0.15) is 0 Å². The summed E-state index contributed by atoms with van der Waals surface area (Å²) in [7, 11) is 0. The van der Waals surface area contributed by atoms with Gasteiger partial charge in [0, 0.05) is 29.2 Å². The molecule has 0 saturated carbocycles. The van der Waals surface area contributed by atoms with Crippen LogP contribution in [0.25, 0.3) is 10.9 Å². The number of rotatable bonds is 6. The first-order valence-corrected chi connectivity index (χ1v) is 7.91. The lowest BCUT2D eigenvalue weighted by atomic mass is 10.0. The second-order valence-corrected chi connectivity index (χ2v) is 6.10. The van der Waals surface area contributed by atoms with Crippen LogP contribution in [-0.2, 0) is 20.9 Å². The minimum atomic E-state index is -1.15. The Morgan fingerprint density at radius 1 is 1.16 bits per heavy atom. The van der Waals surface area contributed by atoms with E-state index in [4.69, 9.17) is 5.11 Å². The minimum Gasteiger partial charge on any atom is -0.480 e. The van der Waals surface area contributed by atoms with Crippen LogP contribution >= 0.6 is 0 Å². The Labute approximate surface area is 142 Å². The number of nitrogens with zero attached hydrogens (tertiary/aromatic N) is 2.